The van der Waals surface area contributed by atoms with Gasteiger partial charge in [-0.2, -0.15) is 4.31 Å². The molecule has 2 aromatic carbocycles. The lowest BCUT2D eigenvalue weighted by Gasteiger charge is -2.26. The second-order valence-electron chi connectivity index (χ2n) is 8.11. The minimum atomic E-state index is -3.70. The number of ether oxygens (including phenoxy) is 2. The van der Waals surface area contributed by atoms with E-state index in [4.69, 9.17) is 9.47 Å². The Kier molecular flexibility index (Phi) is 7.33. The molecule has 172 valence electrons. The summed E-state index contributed by atoms with van der Waals surface area (Å²) in [6.45, 7) is 5.99. The Hall–Kier alpha value is -2.75. The molecule has 0 spiro atoms. The van der Waals surface area contributed by atoms with Crippen molar-refractivity contribution in [2.75, 3.05) is 38.2 Å². The third-order valence-corrected chi connectivity index (χ3v) is 7.33. The number of morpholine rings is 1. The fraction of sp³-hybridized carbons (Fsp3) is 0.391. The largest absolute Gasteiger partial charge is 0.455 e. The zero-order chi connectivity index (χ0) is 23.4. The van der Waals surface area contributed by atoms with Crippen molar-refractivity contribution in [2.45, 2.75) is 31.1 Å². The molecular weight excluding hydrogens is 432 g/mol. The van der Waals surface area contributed by atoms with Crippen molar-refractivity contribution >= 4 is 27.6 Å². The Labute approximate surface area is 188 Å². The van der Waals surface area contributed by atoms with Crippen LogP contribution >= 0.6 is 0 Å². The van der Waals surface area contributed by atoms with Gasteiger partial charge < -0.3 is 14.8 Å². The minimum absolute atomic E-state index is 0.0857. The van der Waals surface area contributed by atoms with Gasteiger partial charge in [0.1, 0.15) is 0 Å². The Balaban J connectivity index is 1.66. The normalized spacial score (nSPS) is 15.2. The van der Waals surface area contributed by atoms with Gasteiger partial charge in [0.25, 0.3) is 5.91 Å². The van der Waals surface area contributed by atoms with E-state index >= 15 is 0 Å². The van der Waals surface area contributed by atoms with Crippen molar-refractivity contribution in [1.82, 2.24) is 4.31 Å². The van der Waals surface area contributed by atoms with Crippen LogP contribution in [0.1, 0.15) is 25.0 Å². The number of rotatable bonds is 7. The molecule has 32 heavy (non-hydrogen) atoms. The molecule has 8 nitrogen and oxygen atoms in total. The Bertz CT molecular complexity index is 1080. The second kappa shape index (κ2) is 9.81. The van der Waals surface area contributed by atoms with E-state index < -0.39 is 33.9 Å². The van der Waals surface area contributed by atoms with E-state index in [0.717, 1.165) is 5.56 Å². The Morgan fingerprint density at radius 3 is 2.41 bits per heavy atom. The molecule has 1 heterocycles. The molecule has 0 radical (unpaired) electrons. The maximum atomic E-state index is 12.9. The van der Waals surface area contributed by atoms with Gasteiger partial charge >= 0.3 is 5.97 Å². The summed E-state index contributed by atoms with van der Waals surface area (Å²) in [6, 6.07) is 13.7. The number of aryl methyl sites for hydroxylation is 1. The van der Waals surface area contributed by atoms with Crippen LogP contribution < -0.4 is 5.32 Å². The summed E-state index contributed by atoms with van der Waals surface area (Å²) in [4.78, 5) is 25.1. The number of hydrogen-bond donors (Lipinski definition) is 1. The van der Waals surface area contributed by atoms with Gasteiger partial charge in [-0.25, -0.2) is 8.42 Å². The quantitative estimate of drug-likeness (QED) is 0.637. The summed E-state index contributed by atoms with van der Waals surface area (Å²) in [5, 5.41) is 2.65. The van der Waals surface area contributed by atoms with Crippen molar-refractivity contribution < 1.29 is 27.5 Å². The molecule has 1 N–H and O–H groups in total. The van der Waals surface area contributed by atoms with Crippen LogP contribution in [0.15, 0.2) is 53.4 Å². The van der Waals surface area contributed by atoms with E-state index in [9.17, 15) is 18.0 Å². The predicted molar refractivity (Wildman–Crippen MR) is 120 cm³/mol. The molecule has 0 aromatic heterocycles. The number of amides is 1. The number of sulfonamides is 1. The van der Waals surface area contributed by atoms with Gasteiger partial charge in [-0.05, 0) is 44.0 Å². The van der Waals surface area contributed by atoms with Gasteiger partial charge in [0.2, 0.25) is 10.0 Å². The van der Waals surface area contributed by atoms with Crippen molar-refractivity contribution in [3.63, 3.8) is 0 Å². The van der Waals surface area contributed by atoms with Crippen LogP contribution in [0.2, 0.25) is 0 Å². The van der Waals surface area contributed by atoms with Crippen LogP contribution in [0.4, 0.5) is 5.69 Å². The molecule has 0 atom stereocenters. The third-order valence-electron chi connectivity index (χ3n) is 5.43. The van der Waals surface area contributed by atoms with E-state index in [1.54, 1.807) is 26.8 Å². The van der Waals surface area contributed by atoms with Gasteiger partial charge in [0.05, 0.1) is 23.5 Å². The van der Waals surface area contributed by atoms with Crippen molar-refractivity contribution in [3.05, 3.63) is 59.7 Å². The summed E-state index contributed by atoms with van der Waals surface area (Å²) >= 11 is 0. The molecule has 9 heteroatoms. The predicted octanol–water partition coefficient (Wildman–Crippen LogP) is 2.48. The zero-order valence-electron chi connectivity index (χ0n) is 18.5. The average Bonchev–Trinajstić information content (AvgIpc) is 2.80. The summed E-state index contributed by atoms with van der Waals surface area (Å²) in [5.74, 6) is -1.08. The van der Waals surface area contributed by atoms with Gasteiger partial charge in [-0.15, -0.1) is 0 Å². The molecule has 0 saturated carbocycles. The zero-order valence-corrected chi connectivity index (χ0v) is 19.3. The van der Waals surface area contributed by atoms with Gasteiger partial charge in [0.15, 0.2) is 6.61 Å². The molecule has 0 unspecified atom stereocenters. The van der Waals surface area contributed by atoms with E-state index in [-0.39, 0.29) is 18.0 Å². The SMILES string of the molecule is Cc1ccc(S(=O)(=O)N2CCOCC2)cc1NC(=O)COC(=O)C(C)(C)c1ccccc1. The molecule has 2 aromatic rings. The standard InChI is InChI=1S/C23H28N2O6S/c1-17-9-10-19(32(28,29)25-11-13-30-14-12-25)15-20(17)24-21(26)16-31-22(27)23(2,3)18-7-5-4-6-8-18/h4-10,15H,11-14,16H2,1-3H3,(H,24,26). The molecule has 1 aliphatic heterocycles. The Morgan fingerprint density at radius 2 is 1.75 bits per heavy atom. The molecule has 0 aliphatic carbocycles. The first-order valence-electron chi connectivity index (χ1n) is 10.3. The first-order chi connectivity index (χ1) is 15.1. The topological polar surface area (TPSA) is 102 Å². The number of esters is 1. The van der Waals surface area contributed by atoms with Crippen LogP contribution in [0.25, 0.3) is 0 Å². The van der Waals surface area contributed by atoms with Crippen LogP contribution in [0.5, 0.6) is 0 Å². The summed E-state index contributed by atoms with van der Waals surface area (Å²) in [5.41, 5.74) is 0.907. The van der Waals surface area contributed by atoms with Gasteiger partial charge in [0, 0.05) is 18.8 Å². The van der Waals surface area contributed by atoms with Gasteiger partial charge in [-0.3, -0.25) is 9.59 Å². The lowest BCUT2D eigenvalue weighted by molar-refractivity contribution is -0.152. The monoisotopic (exact) mass is 460 g/mol. The fourth-order valence-electron chi connectivity index (χ4n) is 3.30. The molecule has 3 rings (SSSR count). The molecule has 1 fully saturated rings. The lowest BCUT2D eigenvalue weighted by atomic mass is 9.85. The maximum Gasteiger partial charge on any atom is 0.316 e. The number of carbonyl (C=O) groups is 2. The van der Waals surface area contributed by atoms with Gasteiger partial charge in [-0.1, -0.05) is 36.4 Å². The van der Waals surface area contributed by atoms with Crippen LogP contribution in [0.3, 0.4) is 0 Å². The molecule has 1 saturated heterocycles. The summed E-state index contributed by atoms with van der Waals surface area (Å²) in [7, 11) is -3.70. The number of carbonyl (C=O) groups excluding carboxylic acids is 2. The van der Waals surface area contributed by atoms with E-state index in [2.05, 4.69) is 5.32 Å². The molecule has 1 amide bonds. The first kappa shape index (κ1) is 23.9. The van der Waals surface area contributed by atoms with Crippen LogP contribution in [0, 0.1) is 6.92 Å². The minimum Gasteiger partial charge on any atom is -0.455 e. The van der Waals surface area contributed by atoms with Crippen molar-refractivity contribution in [3.8, 4) is 0 Å². The maximum absolute atomic E-state index is 12.9. The average molecular weight is 461 g/mol. The first-order valence-corrected chi connectivity index (χ1v) is 11.8. The van der Waals surface area contributed by atoms with Crippen LogP contribution in [-0.2, 0) is 34.5 Å². The number of anilines is 1. The lowest BCUT2D eigenvalue weighted by Crippen LogP contribution is -2.40. The van der Waals surface area contributed by atoms with E-state index in [1.165, 1.54) is 16.4 Å². The molecule has 1 aliphatic rings. The van der Waals surface area contributed by atoms with Crippen LogP contribution in [-0.4, -0.2) is 57.5 Å². The van der Waals surface area contributed by atoms with Crippen molar-refractivity contribution in [2.24, 2.45) is 0 Å². The highest BCUT2D eigenvalue weighted by Crippen LogP contribution is 2.25. The molecule has 0 bridgehead atoms. The Morgan fingerprint density at radius 1 is 1.09 bits per heavy atom. The van der Waals surface area contributed by atoms with E-state index in [1.807, 2.05) is 30.3 Å². The number of nitrogens with zero attached hydrogens (tertiary/aromatic N) is 1. The highest BCUT2D eigenvalue weighted by atomic mass is 32.2. The summed E-state index contributed by atoms with van der Waals surface area (Å²) in [6.07, 6.45) is 0. The number of hydrogen-bond acceptors (Lipinski definition) is 6. The smallest absolute Gasteiger partial charge is 0.316 e. The molecular formula is C23H28N2O6S. The highest BCUT2D eigenvalue weighted by molar-refractivity contribution is 7.89. The second-order valence-corrected chi connectivity index (χ2v) is 10.0. The van der Waals surface area contributed by atoms with Crippen molar-refractivity contribution in [1.29, 1.82) is 0 Å². The number of nitrogens with one attached hydrogen (secondary N) is 1. The number of benzene rings is 2. The fourth-order valence-corrected chi connectivity index (χ4v) is 4.74. The summed E-state index contributed by atoms with van der Waals surface area (Å²) < 4.78 is 37.6. The highest BCUT2D eigenvalue weighted by Gasteiger charge is 2.32. The van der Waals surface area contributed by atoms with E-state index in [0.29, 0.717) is 24.5 Å². The third kappa shape index (κ3) is 5.35.